The van der Waals surface area contributed by atoms with Crippen LogP contribution < -0.4 is 5.73 Å². The number of aromatic nitrogens is 2. The standard InChI is InChI=1S/C17H15N3O3S/c1-24(22,23)14-5-2-11(3-6-14)13-8-15-12(4-7-16(18)21)9-19-17(15)20-10-13/h2-10H,1H3,(H2,18,21)(H,19,20)/b7-4+. The summed E-state index contributed by atoms with van der Waals surface area (Å²) in [5, 5.41) is 0.845. The van der Waals surface area contributed by atoms with E-state index in [0.717, 1.165) is 22.1 Å². The third-order valence-electron chi connectivity index (χ3n) is 3.61. The molecule has 3 rings (SSSR count). The summed E-state index contributed by atoms with van der Waals surface area (Å²) in [5.41, 5.74) is 8.30. The van der Waals surface area contributed by atoms with Crippen LogP contribution in [0.2, 0.25) is 0 Å². The molecule has 1 aromatic carbocycles. The summed E-state index contributed by atoms with van der Waals surface area (Å²) in [5.74, 6) is -0.523. The zero-order valence-corrected chi connectivity index (χ0v) is 13.7. The molecule has 0 unspecified atom stereocenters. The summed E-state index contributed by atoms with van der Waals surface area (Å²) in [6.07, 6.45) is 7.53. The number of carbonyl (C=O) groups is 1. The number of aromatic amines is 1. The lowest BCUT2D eigenvalue weighted by Gasteiger charge is -2.04. The zero-order valence-electron chi connectivity index (χ0n) is 12.9. The molecular weight excluding hydrogens is 326 g/mol. The molecule has 6 nitrogen and oxygen atoms in total. The number of carbonyl (C=O) groups excluding carboxylic acids is 1. The summed E-state index contributed by atoms with van der Waals surface area (Å²) >= 11 is 0. The zero-order chi connectivity index (χ0) is 17.3. The molecular formula is C17H15N3O3S. The van der Waals surface area contributed by atoms with Crippen LogP contribution in [0.4, 0.5) is 0 Å². The van der Waals surface area contributed by atoms with Crippen LogP contribution in [0.1, 0.15) is 5.56 Å². The van der Waals surface area contributed by atoms with E-state index in [0.29, 0.717) is 5.65 Å². The molecule has 0 bridgehead atoms. The highest BCUT2D eigenvalue weighted by atomic mass is 32.2. The molecule has 0 saturated heterocycles. The van der Waals surface area contributed by atoms with Crippen LogP contribution in [0.25, 0.3) is 28.2 Å². The number of nitrogens with one attached hydrogen (secondary N) is 1. The van der Waals surface area contributed by atoms with Crippen LogP contribution in [0.5, 0.6) is 0 Å². The Morgan fingerprint density at radius 1 is 1.21 bits per heavy atom. The highest BCUT2D eigenvalue weighted by molar-refractivity contribution is 7.90. The molecule has 0 spiro atoms. The molecule has 0 aliphatic heterocycles. The van der Waals surface area contributed by atoms with Crippen LogP contribution >= 0.6 is 0 Å². The third kappa shape index (κ3) is 3.21. The molecule has 122 valence electrons. The second kappa shape index (κ2) is 5.93. The van der Waals surface area contributed by atoms with Gasteiger partial charge in [-0.25, -0.2) is 13.4 Å². The average Bonchev–Trinajstić information content (AvgIpc) is 2.94. The van der Waals surface area contributed by atoms with Gasteiger partial charge in [0.2, 0.25) is 5.91 Å². The van der Waals surface area contributed by atoms with E-state index in [2.05, 4.69) is 9.97 Å². The van der Waals surface area contributed by atoms with Gasteiger partial charge < -0.3 is 10.7 Å². The number of sulfone groups is 1. The van der Waals surface area contributed by atoms with Crippen LogP contribution in [-0.4, -0.2) is 30.5 Å². The molecule has 0 atom stereocenters. The van der Waals surface area contributed by atoms with Gasteiger partial charge in [0.25, 0.3) is 0 Å². The lowest BCUT2D eigenvalue weighted by atomic mass is 10.1. The highest BCUT2D eigenvalue weighted by Gasteiger charge is 2.09. The van der Waals surface area contributed by atoms with Gasteiger partial charge in [-0.2, -0.15) is 0 Å². The van der Waals surface area contributed by atoms with Gasteiger partial charge in [-0.3, -0.25) is 4.79 Å². The van der Waals surface area contributed by atoms with Crippen molar-refractivity contribution in [3.05, 3.63) is 54.4 Å². The summed E-state index contributed by atoms with van der Waals surface area (Å²) in [6, 6.07) is 8.55. The van der Waals surface area contributed by atoms with E-state index in [1.807, 2.05) is 6.07 Å². The monoisotopic (exact) mass is 341 g/mol. The fraction of sp³-hybridized carbons (Fsp3) is 0.0588. The number of H-pyrrole nitrogens is 1. The number of amides is 1. The largest absolute Gasteiger partial charge is 0.366 e. The second-order valence-electron chi connectivity index (χ2n) is 5.40. The van der Waals surface area contributed by atoms with Crippen molar-refractivity contribution < 1.29 is 13.2 Å². The minimum absolute atomic E-state index is 0.270. The Kier molecular flexibility index (Phi) is 3.94. The minimum atomic E-state index is -3.22. The Balaban J connectivity index is 2.04. The first-order chi connectivity index (χ1) is 11.3. The molecule has 24 heavy (non-hydrogen) atoms. The maximum Gasteiger partial charge on any atom is 0.241 e. The number of nitrogens with two attached hydrogens (primary N) is 1. The molecule has 2 heterocycles. The molecule has 0 fully saturated rings. The number of benzene rings is 1. The fourth-order valence-corrected chi connectivity index (χ4v) is 3.02. The van der Waals surface area contributed by atoms with Gasteiger partial charge in [-0.05, 0) is 29.8 Å². The summed E-state index contributed by atoms with van der Waals surface area (Å²) in [7, 11) is -3.22. The third-order valence-corrected chi connectivity index (χ3v) is 4.73. The van der Waals surface area contributed by atoms with Gasteiger partial charge in [0.15, 0.2) is 9.84 Å². The van der Waals surface area contributed by atoms with E-state index < -0.39 is 15.7 Å². The fourth-order valence-electron chi connectivity index (χ4n) is 2.39. The van der Waals surface area contributed by atoms with E-state index in [1.54, 1.807) is 42.7 Å². The number of nitrogens with zero attached hydrogens (tertiary/aromatic N) is 1. The van der Waals surface area contributed by atoms with Crippen molar-refractivity contribution in [1.82, 2.24) is 9.97 Å². The Labute approximate surface area is 138 Å². The van der Waals surface area contributed by atoms with Gasteiger partial charge in [0.1, 0.15) is 5.65 Å². The van der Waals surface area contributed by atoms with Crippen molar-refractivity contribution >= 4 is 32.9 Å². The topological polar surface area (TPSA) is 106 Å². The first-order valence-corrected chi connectivity index (χ1v) is 8.99. The molecule has 7 heteroatoms. The Hall–Kier alpha value is -2.93. The molecule has 0 radical (unpaired) electrons. The van der Waals surface area contributed by atoms with Gasteiger partial charge in [0, 0.05) is 41.2 Å². The van der Waals surface area contributed by atoms with E-state index in [-0.39, 0.29) is 4.90 Å². The van der Waals surface area contributed by atoms with Crippen molar-refractivity contribution in [1.29, 1.82) is 0 Å². The van der Waals surface area contributed by atoms with Crippen LogP contribution in [0, 0.1) is 0 Å². The van der Waals surface area contributed by atoms with Crippen LogP contribution in [-0.2, 0) is 14.6 Å². The Bertz CT molecular complexity index is 1050. The van der Waals surface area contributed by atoms with Crippen molar-refractivity contribution in [2.75, 3.05) is 6.26 Å². The first-order valence-electron chi connectivity index (χ1n) is 7.10. The SMILES string of the molecule is CS(=O)(=O)c1ccc(-c2cnc3[nH]cc(/C=C/C(N)=O)c3c2)cc1. The average molecular weight is 341 g/mol. The van der Waals surface area contributed by atoms with E-state index in [4.69, 9.17) is 5.73 Å². The Morgan fingerprint density at radius 2 is 1.92 bits per heavy atom. The quantitative estimate of drug-likeness (QED) is 0.709. The molecule has 3 N–H and O–H groups in total. The molecule has 0 aliphatic carbocycles. The molecule has 3 aromatic rings. The van der Waals surface area contributed by atoms with Gasteiger partial charge >= 0.3 is 0 Å². The lowest BCUT2D eigenvalue weighted by Crippen LogP contribution is -2.04. The second-order valence-corrected chi connectivity index (χ2v) is 7.41. The van der Waals surface area contributed by atoms with Gasteiger partial charge in [-0.1, -0.05) is 12.1 Å². The number of hydrogen-bond donors (Lipinski definition) is 2. The number of pyridine rings is 1. The molecule has 2 aromatic heterocycles. The smallest absolute Gasteiger partial charge is 0.241 e. The van der Waals surface area contributed by atoms with Crippen LogP contribution in [0.3, 0.4) is 0 Å². The molecule has 0 saturated carbocycles. The van der Waals surface area contributed by atoms with E-state index in [9.17, 15) is 13.2 Å². The van der Waals surface area contributed by atoms with E-state index in [1.165, 1.54) is 12.3 Å². The molecule has 1 amide bonds. The number of hydrogen-bond acceptors (Lipinski definition) is 4. The minimum Gasteiger partial charge on any atom is -0.366 e. The predicted molar refractivity (Wildman–Crippen MR) is 92.9 cm³/mol. The lowest BCUT2D eigenvalue weighted by molar-refractivity contribution is -0.113. The normalized spacial score (nSPS) is 12.0. The van der Waals surface area contributed by atoms with Gasteiger partial charge in [-0.15, -0.1) is 0 Å². The van der Waals surface area contributed by atoms with Crippen molar-refractivity contribution in [2.45, 2.75) is 4.90 Å². The summed E-state index contributed by atoms with van der Waals surface area (Å²) in [4.78, 5) is 18.5. The van der Waals surface area contributed by atoms with Crippen molar-refractivity contribution in [3.63, 3.8) is 0 Å². The van der Waals surface area contributed by atoms with E-state index >= 15 is 0 Å². The predicted octanol–water partition coefficient (Wildman–Crippen LogP) is 2.13. The summed E-state index contributed by atoms with van der Waals surface area (Å²) < 4.78 is 23.1. The number of rotatable bonds is 4. The summed E-state index contributed by atoms with van der Waals surface area (Å²) in [6.45, 7) is 0. The van der Waals surface area contributed by atoms with Crippen LogP contribution in [0.15, 0.2) is 53.7 Å². The first kappa shape index (κ1) is 15.9. The maximum atomic E-state index is 11.5. The highest BCUT2D eigenvalue weighted by Crippen LogP contribution is 2.26. The van der Waals surface area contributed by atoms with Crippen molar-refractivity contribution in [2.24, 2.45) is 5.73 Å². The van der Waals surface area contributed by atoms with Crippen molar-refractivity contribution in [3.8, 4) is 11.1 Å². The molecule has 0 aliphatic rings. The van der Waals surface area contributed by atoms with Gasteiger partial charge in [0.05, 0.1) is 4.90 Å². The Morgan fingerprint density at radius 3 is 2.54 bits per heavy atom. The number of fused-ring (bicyclic) bond motifs is 1. The number of primary amides is 1. The maximum absolute atomic E-state index is 11.5.